The van der Waals surface area contributed by atoms with Gasteiger partial charge < -0.3 is 9.47 Å². The van der Waals surface area contributed by atoms with Crippen LogP contribution in [0, 0.1) is 29.5 Å². The average Bonchev–Trinajstić information content (AvgIpc) is 3.03. The van der Waals surface area contributed by atoms with Gasteiger partial charge in [-0.05, 0) is 55.7 Å². The average molecular weight is 461 g/mol. The summed E-state index contributed by atoms with van der Waals surface area (Å²) in [5, 5.41) is 0. The van der Waals surface area contributed by atoms with Gasteiger partial charge in [0.25, 0.3) is 0 Å². The van der Waals surface area contributed by atoms with E-state index in [9.17, 15) is 4.39 Å². The zero-order valence-electron chi connectivity index (χ0n) is 20.0. The molecule has 6 aliphatic rings. The maximum atomic E-state index is 13.6. The normalized spacial score (nSPS) is 46.1. The highest BCUT2D eigenvalue weighted by Gasteiger charge is 2.69. The van der Waals surface area contributed by atoms with Crippen LogP contribution in [0.25, 0.3) is 0 Å². The summed E-state index contributed by atoms with van der Waals surface area (Å²) in [5.74, 6) is 0.775. The lowest BCUT2D eigenvalue weighted by molar-refractivity contribution is -0.574. The maximum Gasteiger partial charge on any atom is 0.201 e. The van der Waals surface area contributed by atoms with Crippen LogP contribution in [-0.2, 0) is 25.8 Å². The number of rotatable bonds is 3. The summed E-state index contributed by atoms with van der Waals surface area (Å²) in [5.41, 5.74) is 0.534. The van der Waals surface area contributed by atoms with E-state index in [1.807, 2.05) is 13.0 Å². The molecule has 0 amide bonds. The van der Waals surface area contributed by atoms with Gasteiger partial charge in [-0.2, -0.15) is 0 Å². The van der Waals surface area contributed by atoms with Crippen LogP contribution in [0.2, 0.25) is 0 Å². The Hall–Kier alpha value is -1.09. The van der Waals surface area contributed by atoms with E-state index in [-0.39, 0.29) is 18.3 Å². The Balaban J connectivity index is 1.18. The van der Waals surface area contributed by atoms with Crippen LogP contribution in [-0.4, -0.2) is 59.9 Å². The number of benzene rings is 1. The van der Waals surface area contributed by atoms with E-state index in [0.29, 0.717) is 23.7 Å². The number of hydrogen-bond acceptors (Lipinski definition) is 6. The summed E-state index contributed by atoms with van der Waals surface area (Å²) in [6.07, 6.45) is 3.88. The second kappa shape index (κ2) is 8.25. The number of ether oxygens (including phenoxy) is 2. The quantitative estimate of drug-likeness (QED) is 0.632. The van der Waals surface area contributed by atoms with Crippen LogP contribution in [0.15, 0.2) is 24.3 Å². The molecule has 0 aromatic heterocycles. The van der Waals surface area contributed by atoms with Gasteiger partial charge in [0.2, 0.25) is 5.79 Å². The molecule has 1 spiro atoms. The van der Waals surface area contributed by atoms with Gasteiger partial charge in [0.15, 0.2) is 11.9 Å². The molecule has 1 aliphatic carbocycles. The van der Waals surface area contributed by atoms with Crippen molar-refractivity contribution in [2.75, 3.05) is 26.2 Å². The molecular formula is C26H37FN2O4. The number of hydrogen-bond donors (Lipinski definition) is 0. The summed E-state index contributed by atoms with van der Waals surface area (Å²) in [6, 6.07) is 6.94. The molecule has 6 nitrogen and oxygen atoms in total. The largest absolute Gasteiger partial charge is 0.331 e. The van der Waals surface area contributed by atoms with E-state index in [0.717, 1.165) is 57.5 Å². The molecule has 182 valence electrons. The summed E-state index contributed by atoms with van der Waals surface area (Å²) < 4.78 is 26.9. The van der Waals surface area contributed by atoms with Crippen molar-refractivity contribution < 1.29 is 23.6 Å². The van der Waals surface area contributed by atoms with E-state index in [4.69, 9.17) is 19.2 Å². The molecule has 1 saturated carbocycles. The fourth-order valence-electron chi connectivity index (χ4n) is 7.37. The molecule has 5 aliphatic heterocycles. The van der Waals surface area contributed by atoms with Gasteiger partial charge in [0.05, 0.1) is 0 Å². The van der Waals surface area contributed by atoms with E-state index < -0.39 is 11.4 Å². The Morgan fingerprint density at radius 2 is 1.85 bits per heavy atom. The summed E-state index contributed by atoms with van der Waals surface area (Å²) in [7, 11) is 0. The van der Waals surface area contributed by atoms with Crippen LogP contribution < -0.4 is 0 Å². The first-order chi connectivity index (χ1) is 15.9. The lowest BCUT2D eigenvalue weighted by Crippen LogP contribution is -2.72. The van der Waals surface area contributed by atoms with Gasteiger partial charge in [-0.25, -0.2) is 14.2 Å². The first-order valence-corrected chi connectivity index (χ1v) is 12.8. The van der Waals surface area contributed by atoms with Crippen molar-refractivity contribution in [2.45, 2.75) is 76.9 Å². The molecular weight excluding hydrogens is 423 g/mol. The highest BCUT2D eigenvalue weighted by molar-refractivity contribution is 5.16. The SMILES string of the molecule is C[C@H]1[C@H](N2CCN(Cc3cccc(F)c3)CC2)O[C@@H]2O[C@@]3(C)CC[C@H]4[C@H](C)CC[C@@H]1[C@@]24OO3. The Labute approximate surface area is 196 Å². The van der Waals surface area contributed by atoms with Crippen molar-refractivity contribution in [3.05, 3.63) is 35.6 Å². The van der Waals surface area contributed by atoms with Crippen molar-refractivity contribution in [2.24, 2.45) is 23.7 Å². The van der Waals surface area contributed by atoms with Gasteiger partial charge in [-0.3, -0.25) is 9.80 Å². The second-order valence-electron chi connectivity index (χ2n) is 11.2. The number of halogens is 1. The lowest BCUT2D eigenvalue weighted by atomic mass is 9.58. The predicted octanol–water partition coefficient (Wildman–Crippen LogP) is 4.15. The summed E-state index contributed by atoms with van der Waals surface area (Å²) >= 11 is 0. The van der Waals surface area contributed by atoms with Gasteiger partial charge in [0.1, 0.15) is 12.0 Å². The number of fused-ring (bicyclic) bond motifs is 2. The molecule has 0 radical (unpaired) electrons. The van der Waals surface area contributed by atoms with E-state index in [1.165, 1.54) is 12.5 Å². The van der Waals surface area contributed by atoms with Crippen molar-refractivity contribution in [1.82, 2.24) is 9.80 Å². The Morgan fingerprint density at radius 3 is 2.64 bits per heavy atom. The molecule has 1 aromatic carbocycles. The second-order valence-corrected chi connectivity index (χ2v) is 11.2. The summed E-state index contributed by atoms with van der Waals surface area (Å²) in [6.45, 7) is 11.2. The maximum absolute atomic E-state index is 13.6. The molecule has 7 rings (SSSR count). The zero-order valence-corrected chi connectivity index (χ0v) is 20.0. The Kier molecular flexibility index (Phi) is 5.59. The molecule has 0 N–H and O–H groups in total. The van der Waals surface area contributed by atoms with E-state index in [1.54, 1.807) is 12.1 Å². The third kappa shape index (κ3) is 3.67. The standard InChI is InChI=1S/C26H37FN2O4/c1-17-7-8-22-18(2)23(30-24-26(22)21(17)9-10-25(3,31-24)32-33-26)29-13-11-28(12-14-29)16-19-5-4-6-20(27)15-19/h4-6,15,17-18,21-24H,7-14,16H2,1-3H3/t17-,18-,21+,22+,23-,24-,25-,26-/m1/s1. The van der Waals surface area contributed by atoms with Crippen molar-refractivity contribution >= 4 is 0 Å². The molecule has 7 heteroatoms. The third-order valence-corrected chi connectivity index (χ3v) is 9.18. The zero-order chi connectivity index (χ0) is 22.8. The topological polar surface area (TPSA) is 43.4 Å². The minimum absolute atomic E-state index is 0.0163. The molecule has 1 aromatic rings. The Morgan fingerprint density at radius 1 is 1.03 bits per heavy atom. The van der Waals surface area contributed by atoms with Gasteiger partial charge in [-0.1, -0.05) is 26.0 Å². The minimum atomic E-state index is -0.730. The molecule has 0 unspecified atom stereocenters. The number of piperazine rings is 1. The van der Waals surface area contributed by atoms with E-state index >= 15 is 0 Å². The van der Waals surface area contributed by atoms with Crippen molar-refractivity contribution in [1.29, 1.82) is 0 Å². The van der Waals surface area contributed by atoms with Crippen LogP contribution in [0.4, 0.5) is 4.39 Å². The lowest BCUT2D eigenvalue weighted by Gasteiger charge is -2.61. The first-order valence-electron chi connectivity index (χ1n) is 12.8. The highest BCUT2D eigenvalue weighted by Crippen LogP contribution is 2.60. The Bertz CT molecular complexity index is 880. The molecule has 5 saturated heterocycles. The highest BCUT2D eigenvalue weighted by atomic mass is 19.1. The number of nitrogens with zero attached hydrogens (tertiary/aromatic N) is 2. The van der Waals surface area contributed by atoms with Crippen LogP contribution in [0.5, 0.6) is 0 Å². The van der Waals surface area contributed by atoms with Gasteiger partial charge in [0, 0.05) is 51.0 Å². The fourth-order valence-corrected chi connectivity index (χ4v) is 7.37. The monoisotopic (exact) mass is 460 g/mol. The molecule has 6 fully saturated rings. The molecule has 2 bridgehead atoms. The molecule has 5 heterocycles. The predicted molar refractivity (Wildman–Crippen MR) is 120 cm³/mol. The van der Waals surface area contributed by atoms with Gasteiger partial charge in [-0.15, -0.1) is 0 Å². The third-order valence-electron chi connectivity index (χ3n) is 9.18. The fraction of sp³-hybridized carbons (Fsp3) is 0.769. The minimum Gasteiger partial charge on any atom is -0.331 e. The van der Waals surface area contributed by atoms with Crippen molar-refractivity contribution in [3.63, 3.8) is 0 Å². The molecule has 8 atom stereocenters. The van der Waals surface area contributed by atoms with Gasteiger partial charge >= 0.3 is 0 Å². The summed E-state index contributed by atoms with van der Waals surface area (Å²) in [4.78, 5) is 17.1. The van der Waals surface area contributed by atoms with E-state index in [2.05, 4.69) is 23.6 Å². The smallest absolute Gasteiger partial charge is 0.201 e. The first kappa shape index (κ1) is 22.4. The van der Waals surface area contributed by atoms with Crippen molar-refractivity contribution in [3.8, 4) is 0 Å². The molecule has 33 heavy (non-hydrogen) atoms. The van der Waals surface area contributed by atoms with Crippen LogP contribution in [0.1, 0.15) is 52.0 Å². The van der Waals surface area contributed by atoms with Crippen LogP contribution >= 0.6 is 0 Å². The van der Waals surface area contributed by atoms with Crippen LogP contribution in [0.3, 0.4) is 0 Å².